The van der Waals surface area contributed by atoms with Gasteiger partial charge in [-0.1, -0.05) is 6.07 Å². The van der Waals surface area contributed by atoms with Crippen LogP contribution in [0.1, 0.15) is 44.9 Å². The summed E-state index contributed by atoms with van der Waals surface area (Å²) in [5, 5.41) is 9.22. The Morgan fingerprint density at radius 1 is 1.00 bits per heavy atom. The highest BCUT2D eigenvalue weighted by atomic mass is 16.2. The molecule has 3 heterocycles. The SMILES string of the molecule is CN1CC(C(=O)NCCNC(=O)C2CCC3(CCNCC3)CC2)CC1=O.c1ccncc1. The lowest BCUT2D eigenvalue weighted by Crippen LogP contribution is -2.43. The third-order valence-electron chi connectivity index (χ3n) is 7.08. The molecule has 1 spiro atoms. The average Bonchev–Trinajstić information content (AvgIpc) is 3.17. The van der Waals surface area contributed by atoms with Crippen LogP contribution in [0.25, 0.3) is 0 Å². The van der Waals surface area contributed by atoms with Crippen LogP contribution in [-0.2, 0) is 14.4 Å². The molecule has 3 fully saturated rings. The van der Waals surface area contributed by atoms with E-state index in [2.05, 4.69) is 20.9 Å². The molecule has 1 aromatic heterocycles. The summed E-state index contributed by atoms with van der Waals surface area (Å²) >= 11 is 0. The number of piperidine rings is 1. The zero-order valence-corrected chi connectivity index (χ0v) is 19.1. The highest BCUT2D eigenvalue weighted by Crippen LogP contribution is 2.45. The maximum absolute atomic E-state index is 12.4. The van der Waals surface area contributed by atoms with Crippen LogP contribution in [0.3, 0.4) is 0 Å². The fourth-order valence-corrected chi connectivity index (χ4v) is 4.96. The van der Waals surface area contributed by atoms with Gasteiger partial charge in [-0.15, -0.1) is 0 Å². The van der Waals surface area contributed by atoms with Crippen molar-refractivity contribution in [1.82, 2.24) is 25.8 Å². The fourth-order valence-electron chi connectivity index (χ4n) is 4.96. The summed E-state index contributed by atoms with van der Waals surface area (Å²) in [5.41, 5.74) is 0.474. The standard InChI is InChI=1S/C19H32N4O3.C5H5N/c1-23-13-15(12-16(23)24)18(26)22-11-10-21-17(25)14-2-4-19(5-3-14)6-8-20-9-7-19;1-2-4-6-5-3-1/h14-15,20H,2-13H2,1H3,(H,21,25)(H,22,26);1-5H. The number of likely N-dealkylation sites (tertiary alicyclic amines) is 1. The van der Waals surface area contributed by atoms with Crippen molar-refractivity contribution in [1.29, 1.82) is 0 Å². The van der Waals surface area contributed by atoms with Crippen molar-refractivity contribution in [2.75, 3.05) is 39.8 Å². The molecule has 8 nitrogen and oxygen atoms in total. The molecule has 1 aromatic rings. The van der Waals surface area contributed by atoms with Gasteiger partial charge < -0.3 is 20.9 Å². The summed E-state index contributed by atoms with van der Waals surface area (Å²) in [6.45, 7) is 3.57. The van der Waals surface area contributed by atoms with Crippen LogP contribution in [0.2, 0.25) is 0 Å². The van der Waals surface area contributed by atoms with E-state index in [1.165, 1.54) is 12.8 Å². The maximum atomic E-state index is 12.4. The predicted molar refractivity (Wildman–Crippen MR) is 122 cm³/mol. The van der Waals surface area contributed by atoms with E-state index in [4.69, 9.17) is 0 Å². The molecule has 3 aliphatic rings. The van der Waals surface area contributed by atoms with Crippen molar-refractivity contribution in [2.45, 2.75) is 44.9 Å². The van der Waals surface area contributed by atoms with Gasteiger partial charge in [-0.2, -0.15) is 0 Å². The zero-order chi connectivity index (χ0) is 22.8. The van der Waals surface area contributed by atoms with Crippen molar-refractivity contribution in [3.8, 4) is 0 Å². The van der Waals surface area contributed by atoms with Gasteiger partial charge in [0.15, 0.2) is 0 Å². The van der Waals surface area contributed by atoms with Gasteiger partial charge in [-0.3, -0.25) is 19.4 Å². The van der Waals surface area contributed by atoms with E-state index < -0.39 is 0 Å². The number of nitrogens with one attached hydrogen (secondary N) is 3. The van der Waals surface area contributed by atoms with Crippen molar-refractivity contribution < 1.29 is 14.4 Å². The number of nitrogens with zero attached hydrogens (tertiary/aromatic N) is 2. The minimum atomic E-state index is -0.261. The summed E-state index contributed by atoms with van der Waals surface area (Å²) in [5.74, 6) is -0.0985. The highest BCUT2D eigenvalue weighted by molar-refractivity contribution is 5.89. The Morgan fingerprint density at radius 3 is 2.06 bits per heavy atom. The molecule has 1 aliphatic carbocycles. The van der Waals surface area contributed by atoms with Crippen molar-refractivity contribution >= 4 is 17.7 Å². The van der Waals surface area contributed by atoms with Gasteiger partial charge in [-0.05, 0) is 69.2 Å². The number of rotatable bonds is 5. The van der Waals surface area contributed by atoms with Crippen LogP contribution in [0.4, 0.5) is 0 Å². The van der Waals surface area contributed by atoms with Crippen molar-refractivity contribution in [3.63, 3.8) is 0 Å². The molecule has 0 bridgehead atoms. The second kappa shape index (κ2) is 11.9. The molecule has 2 saturated heterocycles. The largest absolute Gasteiger partial charge is 0.354 e. The van der Waals surface area contributed by atoms with E-state index in [1.54, 1.807) is 24.3 Å². The third kappa shape index (κ3) is 7.02. The average molecular weight is 444 g/mol. The lowest BCUT2D eigenvalue weighted by molar-refractivity contribution is -0.128. The Morgan fingerprint density at radius 2 is 1.59 bits per heavy atom. The first-order valence-electron chi connectivity index (χ1n) is 11.8. The second-order valence-electron chi connectivity index (χ2n) is 9.31. The number of carbonyl (C=O) groups is 3. The molecule has 3 N–H and O–H groups in total. The first-order chi connectivity index (χ1) is 15.5. The molecule has 32 heavy (non-hydrogen) atoms. The zero-order valence-electron chi connectivity index (χ0n) is 19.1. The van der Waals surface area contributed by atoms with Gasteiger partial charge in [0.05, 0.1) is 5.92 Å². The van der Waals surface area contributed by atoms with E-state index in [0.717, 1.165) is 38.8 Å². The first kappa shape index (κ1) is 24.2. The summed E-state index contributed by atoms with van der Waals surface area (Å²) in [6, 6.07) is 5.72. The minimum absolute atomic E-state index is 0.0160. The Labute approximate surface area is 190 Å². The van der Waals surface area contributed by atoms with Crippen LogP contribution in [0.15, 0.2) is 30.6 Å². The number of pyridine rings is 1. The van der Waals surface area contributed by atoms with Gasteiger partial charge in [0.25, 0.3) is 0 Å². The van der Waals surface area contributed by atoms with Crippen LogP contribution in [0.5, 0.6) is 0 Å². The fraction of sp³-hybridized carbons (Fsp3) is 0.667. The maximum Gasteiger partial charge on any atom is 0.225 e. The van der Waals surface area contributed by atoms with Crippen LogP contribution < -0.4 is 16.0 Å². The Balaban J connectivity index is 0.000000416. The Hall–Kier alpha value is -2.48. The predicted octanol–water partition coefficient (Wildman–Crippen LogP) is 1.34. The van der Waals surface area contributed by atoms with E-state index >= 15 is 0 Å². The normalized spacial score (nSPS) is 22.7. The van der Waals surface area contributed by atoms with Crippen LogP contribution >= 0.6 is 0 Å². The van der Waals surface area contributed by atoms with Gasteiger partial charge in [0.1, 0.15) is 0 Å². The number of carbonyl (C=O) groups excluding carboxylic acids is 3. The molecule has 8 heteroatoms. The van der Waals surface area contributed by atoms with Crippen LogP contribution in [0, 0.1) is 17.3 Å². The molecular formula is C24H37N5O3. The van der Waals surface area contributed by atoms with Crippen LogP contribution in [-0.4, -0.2) is 67.4 Å². The summed E-state index contributed by atoms with van der Waals surface area (Å²) in [6.07, 6.45) is 10.6. The van der Waals surface area contributed by atoms with E-state index in [-0.39, 0.29) is 36.0 Å². The molecular weight excluding hydrogens is 406 g/mol. The molecule has 0 radical (unpaired) electrons. The van der Waals surface area contributed by atoms with E-state index in [9.17, 15) is 14.4 Å². The van der Waals surface area contributed by atoms with Gasteiger partial charge in [-0.25, -0.2) is 0 Å². The van der Waals surface area contributed by atoms with E-state index in [1.807, 2.05) is 18.2 Å². The van der Waals surface area contributed by atoms with E-state index in [0.29, 0.717) is 25.0 Å². The highest BCUT2D eigenvalue weighted by Gasteiger charge is 2.38. The Bertz CT molecular complexity index is 715. The molecule has 1 unspecified atom stereocenters. The second-order valence-corrected chi connectivity index (χ2v) is 9.31. The van der Waals surface area contributed by atoms with Gasteiger partial charge in [0.2, 0.25) is 17.7 Å². The number of hydrogen-bond donors (Lipinski definition) is 3. The van der Waals surface area contributed by atoms with Crippen molar-refractivity contribution in [2.24, 2.45) is 17.3 Å². The van der Waals surface area contributed by atoms with Crippen molar-refractivity contribution in [3.05, 3.63) is 30.6 Å². The number of amides is 3. The summed E-state index contributed by atoms with van der Waals surface area (Å²) < 4.78 is 0. The molecule has 3 amide bonds. The molecule has 2 aliphatic heterocycles. The van der Waals surface area contributed by atoms with Gasteiger partial charge >= 0.3 is 0 Å². The molecule has 4 rings (SSSR count). The molecule has 1 atom stereocenters. The number of aromatic nitrogens is 1. The Kier molecular flexibility index (Phi) is 9.02. The summed E-state index contributed by atoms with van der Waals surface area (Å²) in [4.78, 5) is 41.3. The first-order valence-corrected chi connectivity index (χ1v) is 11.8. The third-order valence-corrected chi connectivity index (χ3v) is 7.08. The monoisotopic (exact) mass is 443 g/mol. The minimum Gasteiger partial charge on any atom is -0.354 e. The molecule has 0 aromatic carbocycles. The molecule has 1 saturated carbocycles. The smallest absolute Gasteiger partial charge is 0.225 e. The molecule has 176 valence electrons. The van der Waals surface area contributed by atoms with Gasteiger partial charge in [0, 0.05) is 51.4 Å². The quantitative estimate of drug-likeness (QED) is 0.596. The number of hydrogen-bond acceptors (Lipinski definition) is 5. The lowest BCUT2D eigenvalue weighted by atomic mass is 9.65. The summed E-state index contributed by atoms with van der Waals surface area (Å²) in [7, 11) is 1.72. The lowest BCUT2D eigenvalue weighted by Gasteiger charge is -2.42. The topological polar surface area (TPSA) is 103 Å².